The van der Waals surface area contributed by atoms with E-state index in [-0.39, 0.29) is 5.70 Å². The van der Waals surface area contributed by atoms with Crippen LogP contribution in [-0.4, -0.2) is 18.9 Å². The lowest BCUT2D eigenvalue weighted by molar-refractivity contribution is -0.113. The van der Waals surface area contributed by atoms with Crippen molar-refractivity contribution in [1.29, 1.82) is 0 Å². The fourth-order valence-corrected chi connectivity index (χ4v) is 2.85. The van der Waals surface area contributed by atoms with Crippen molar-refractivity contribution in [3.8, 4) is 5.75 Å². The van der Waals surface area contributed by atoms with Crippen LogP contribution < -0.4 is 15.4 Å². The summed E-state index contributed by atoms with van der Waals surface area (Å²) in [5, 5.41) is 5.40. The molecule has 28 heavy (non-hydrogen) atoms. The topological polar surface area (TPSA) is 80.6 Å². The van der Waals surface area contributed by atoms with Crippen molar-refractivity contribution in [1.82, 2.24) is 5.32 Å². The van der Waals surface area contributed by atoms with Crippen molar-refractivity contribution >= 4 is 39.5 Å². The van der Waals surface area contributed by atoms with E-state index in [0.717, 1.165) is 0 Å². The molecule has 0 unspecified atom stereocenters. The molecule has 2 amide bonds. The van der Waals surface area contributed by atoms with Gasteiger partial charge in [0.05, 0.1) is 18.9 Å². The third kappa shape index (κ3) is 4.89. The second kappa shape index (κ2) is 9.05. The molecular formula is C21H17BrN2O4. The Morgan fingerprint density at radius 1 is 1.04 bits per heavy atom. The SMILES string of the molecule is COc1ccc(NC(=O)/C(=C/c2ccco2)NC(=O)c2ccccc2Br)cc1. The highest BCUT2D eigenvalue weighted by Crippen LogP contribution is 2.18. The summed E-state index contributed by atoms with van der Waals surface area (Å²) in [7, 11) is 1.56. The first kappa shape index (κ1) is 19.4. The van der Waals surface area contributed by atoms with E-state index in [1.54, 1.807) is 67.8 Å². The lowest BCUT2D eigenvalue weighted by Gasteiger charge is -2.12. The Morgan fingerprint density at radius 3 is 2.43 bits per heavy atom. The third-order valence-corrected chi connectivity index (χ3v) is 4.48. The highest BCUT2D eigenvalue weighted by Gasteiger charge is 2.17. The van der Waals surface area contributed by atoms with Gasteiger partial charge in [0.1, 0.15) is 17.2 Å². The van der Waals surface area contributed by atoms with Crippen LogP contribution in [0, 0.1) is 0 Å². The summed E-state index contributed by atoms with van der Waals surface area (Å²) in [6, 6.07) is 17.2. The monoisotopic (exact) mass is 440 g/mol. The number of carbonyl (C=O) groups excluding carboxylic acids is 2. The van der Waals surface area contributed by atoms with Crippen LogP contribution >= 0.6 is 15.9 Å². The summed E-state index contributed by atoms with van der Waals surface area (Å²) < 4.78 is 11.0. The summed E-state index contributed by atoms with van der Waals surface area (Å²) in [6.45, 7) is 0. The molecule has 0 fully saturated rings. The maximum atomic E-state index is 12.8. The van der Waals surface area contributed by atoms with Crippen molar-refractivity contribution in [2.45, 2.75) is 0 Å². The minimum Gasteiger partial charge on any atom is -0.497 e. The van der Waals surface area contributed by atoms with Crippen LogP contribution in [0.1, 0.15) is 16.1 Å². The fraction of sp³-hybridized carbons (Fsp3) is 0.0476. The van der Waals surface area contributed by atoms with E-state index in [4.69, 9.17) is 9.15 Å². The molecule has 142 valence electrons. The standard InChI is InChI=1S/C21H17BrN2O4/c1-27-15-10-8-14(9-11-15)23-21(26)19(13-16-5-4-12-28-16)24-20(25)17-6-2-3-7-18(17)22/h2-13H,1H3,(H,23,26)(H,24,25)/b19-13-. The number of amides is 2. The first-order valence-electron chi connectivity index (χ1n) is 8.33. The van der Waals surface area contributed by atoms with Gasteiger partial charge in [-0.05, 0) is 64.5 Å². The van der Waals surface area contributed by atoms with Crippen molar-refractivity contribution in [3.05, 3.63) is 88.4 Å². The van der Waals surface area contributed by atoms with Gasteiger partial charge in [-0.15, -0.1) is 0 Å². The molecule has 1 heterocycles. The average molecular weight is 441 g/mol. The third-order valence-electron chi connectivity index (χ3n) is 3.79. The number of furan rings is 1. The molecule has 0 saturated carbocycles. The zero-order valence-corrected chi connectivity index (χ0v) is 16.5. The summed E-state index contributed by atoms with van der Waals surface area (Å²) >= 11 is 3.34. The van der Waals surface area contributed by atoms with E-state index in [2.05, 4.69) is 26.6 Å². The molecule has 0 atom stereocenters. The van der Waals surface area contributed by atoms with E-state index in [1.807, 2.05) is 0 Å². The van der Waals surface area contributed by atoms with Crippen LogP contribution in [0.5, 0.6) is 5.75 Å². The van der Waals surface area contributed by atoms with E-state index < -0.39 is 11.8 Å². The quantitative estimate of drug-likeness (QED) is 0.554. The molecule has 0 saturated heterocycles. The van der Waals surface area contributed by atoms with Gasteiger partial charge in [-0.2, -0.15) is 0 Å². The van der Waals surface area contributed by atoms with Gasteiger partial charge in [0.25, 0.3) is 11.8 Å². The Labute approximate surface area is 170 Å². The van der Waals surface area contributed by atoms with Crippen LogP contribution in [0.25, 0.3) is 6.08 Å². The smallest absolute Gasteiger partial charge is 0.272 e. The number of anilines is 1. The van der Waals surface area contributed by atoms with Crippen molar-refractivity contribution in [2.75, 3.05) is 12.4 Å². The molecule has 0 spiro atoms. The molecule has 3 rings (SSSR count). The van der Waals surface area contributed by atoms with Gasteiger partial charge < -0.3 is 19.8 Å². The molecule has 1 aromatic heterocycles. The van der Waals surface area contributed by atoms with Gasteiger partial charge in [0.15, 0.2) is 0 Å². The van der Waals surface area contributed by atoms with Crippen LogP contribution in [-0.2, 0) is 4.79 Å². The second-order valence-electron chi connectivity index (χ2n) is 5.69. The van der Waals surface area contributed by atoms with E-state index in [1.165, 1.54) is 12.3 Å². The maximum Gasteiger partial charge on any atom is 0.272 e. The fourth-order valence-electron chi connectivity index (χ4n) is 2.38. The lowest BCUT2D eigenvalue weighted by Crippen LogP contribution is -2.30. The van der Waals surface area contributed by atoms with Gasteiger partial charge >= 0.3 is 0 Å². The first-order chi connectivity index (χ1) is 13.6. The molecule has 6 nitrogen and oxygen atoms in total. The summed E-state index contributed by atoms with van der Waals surface area (Å²) in [6.07, 6.45) is 2.95. The molecule has 7 heteroatoms. The highest BCUT2D eigenvalue weighted by molar-refractivity contribution is 9.10. The number of benzene rings is 2. The van der Waals surface area contributed by atoms with Crippen molar-refractivity contribution in [2.24, 2.45) is 0 Å². The molecule has 0 aliphatic carbocycles. The Balaban J connectivity index is 1.83. The number of rotatable bonds is 6. The average Bonchev–Trinajstić information content (AvgIpc) is 3.21. The molecule has 0 aliphatic heterocycles. The predicted molar refractivity (Wildman–Crippen MR) is 110 cm³/mol. The van der Waals surface area contributed by atoms with Crippen molar-refractivity contribution < 1.29 is 18.7 Å². The Bertz CT molecular complexity index is 996. The van der Waals surface area contributed by atoms with Crippen LogP contribution in [0.2, 0.25) is 0 Å². The minimum absolute atomic E-state index is 0.0477. The second-order valence-corrected chi connectivity index (χ2v) is 6.54. The molecular weight excluding hydrogens is 424 g/mol. The van der Waals surface area contributed by atoms with Gasteiger partial charge in [0, 0.05) is 16.2 Å². The van der Waals surface area contributed by atoms with E-state index in [9.17, 15) is 9.59 Å². The number of hydrogen-bond acceptors (Lipinski definition) is 4. The minimum atomic E-state index is -0.484. The molecule has 3 aromatic rings. The molecule has 0 aliphatic rings. The maximum absolute atomic E-state index is 12.8. The Morgan fingerprint density at radius 2 is 1.79 bits per heavy atom. The highest BCUT2D eigenvalue weighted by atomic mass is 79.9. The summed E-state index contributed by atoms with van der Waals surface area (Å²) in [5.74, 6) is 0.205. The van der Waals surface area contributed by atoms with Gasteiger partial charge in [-0.25, -0.2) is 0 Å². The van der Waals surface area contributed by atoms with Crippen LogP contribution in [0.4, 0.5) is 5.69 Å². The zero-order chi connectivity index (χ0) is 19.9. The number of carbonyl (C=O) groups is 2. The summed E-state index contributed by atoms with van der Waals surface area (Å²) in [5.41, 5.74) is 1.02. The normalized spacial score (nSPS) is 11.0. The first-order valence-corrected chi connectivity index (χ1v) is 9.12. The number of ether oxygens (including phenoxy) is 1. The molecule has 2 N–H and O–H groups in total. The number of hydrogen-bond donors (Lipinski definition) is 2. The Hall–Kier alpha value is -3.32. The molecule has 2 aromatic carbocycles. The molecule has 0 radical (unpaired) electrons. The number of methoxy groups -OCH3 is 1. The van der Waals surface area contributed by atoms with Gasteiger partial charge in [-0.1, -0.05) is 12.1 Å². The summed E-state index contributed by atoms with van der Waals surface area (Å²) in [4.78, 5) is 25.4. The number of halogens is 1. The predicted octanol–water partition coefficient (Wildman–Crippen LogP) is 4.46. The van der Waals surface area contributed by atoms with Crippen LogP contribution in [0.15, 0.2) is 81.5 Å². The largest absolute Gasteiger partial charge is 0.497 e. The van der Waals surface area contributed by atoms with Gasteiger partial charge in [-0.3, -0.25) is 9.59 Å². The van der Waals surface area contributed by atoms with Crippen molar-refractivity contribution in [3.63, 3.8) is 0 Å². The van der Waals surface area contributed by atoms with Crippen LogP contribution in [0.3, 0.4) is 0 Å². The Kier molecular flexibility index (Phi) is 6.29. The zero-order valence-electron chi connectivity index (χ0n) is 14.9. The van der Waals surface area contributed by atoms with Gasteiger partial charge in [0.2, 0.25) is 0 Å². The van der Waals surface area contributed by atoms with E-state index >= 15 is 0 Å². The number of nitrogens with one attached hydrogen (secondary N) is 2. The lowest BCUT2D eigenvalue weighted by atomic mass is 10.2. The van der Waals surface area contributed by atoms with E-state index in [0.29, 0.717) is 27.2 Å². The molecule has 0 bridgehead atoms.